The van der Waals surface area contributed by atoms with Crippen molar-refractivity contribution in [1.82, 2.24) is 10.2 Å². The molecule has 1 heterocycles. The summed E-state index contributed by atoms with van der Waals surface area (Å²) in [6.45, 7) is 2.85. The molecule has 144 valence electrons. The van der Waals surface area contributed by atoms with Crippen molar-refractivity contribution in [2.75, 3.05) is 26.8 Å². The molecule has 0 aliphatic carbocycles. The van der Waals surface area contributed by atoms with E-state index < -0.39 is 18.0 Å². The van der Waals surface area contributed by atoms with E-state index in [9.17, 15) is 14.4 Å². The Morgan fingerprint density at radius 2 is 1.89 bits per heavy atom. The van der Waals surface area contributed by atoms with Crippen LogP contribution in [-0.2, 0) is 14.3 Å². The van der Waals surface area contributed by atoms with E-state index in [4.69, 9.17) is 14.7 Å². The fourth-order valence-corrected chi connectivity index (χ4v) is 3.06. The molecular formula is C19H23N3O5. The third-order valence-electron chi connectivity index (χ3n) is 4.52. The summed E-state index contributed by atoms with van der Waals surface area (Å²) in [5, 5.41) is 11.1. The van der Waals surface area contributed by atoms with Crippen molar-refractivity contribution in [3.63, 3.8) is 0 Å². The summed E-state index contributed by atoms with van der Waals surface area (Å²) < 4.78 is 10.3. The number of benzene rings is 1. The van der Waals surface area contributed by atoms with Gasteiger partial charge >= 0.3 is 12.0 Å². The Morgan fingerprint density at radius 3 is 2.41 bits per heavy atom. The summed E-state index contributed by atoms with van der Waals surface area (Å²) in [4.78, 5) is 37.9. The number of carbonyl (C=O) groups excluding carboxylic acids is 3. The quantitative estimate of drug-likeness (QED) is 0.787. The maximum absolute atomic E-state index is 12.3. The van der Waals surface area contributed by atoms with Gasteiger partial charge in [-0.3, -0.25) is 10.1 Å². The number of nitriles is 1. The molecule has 1 saturated heterocycles. The standard InChI is InChI=1S/C19H23N3O5/c1-3-27-18(24)16(26-2)14-8-10-22(11-9-14)19(25)21-17(23)15-6-4-13(12-20)5-7-15/h4-7,14,16H,3,8-11H2,1-2H3,(H,21,23,25). The molecule has 1 N–H and O–H groups in total. The smallest absolute Gasteiger partial charge is 0.335 e. The van der Waals surface area contributed by atoms with Gasteiger partial charge in [0.2, 0.25) is 0 Å². The number of imide groups is 1. The minimum atomic E-state index is -0.643. The third kappa shape index (κ3) is 5.28. The molecule has 3 amide bonds. The summed E-state index contributed by atoms with van der Waals surface area (Å²) in [6, 6.07) is 7.52. The lowest BCUT2D eigenvalue weighted by molar-refractivity contribution is -0.159. The number of piperidine rings is 1. The second kappa shape index (κ2) is 9.69. The summed E-state index contributed by atoms with van der Waals surface area (Å²) in [7, 11) is 1.47. The van der Waals surface area contributed by atoms with Crippen LogP contribution in [0, 0.1) is 17.2 Å². The molecule has 1 fully saturated rings. The van der Waals surface area contributed by atoms with Gasteiger partial charge in [0.1, 0.15) is 0 Å². The average molecular weight is 373 g/mol. The van der Waals surface area contributed by atoms with Gasteiger partial charge < -0.3 is 14.4 Å². The van der Waals surface area contributed by atoms with Gasteiger partial charge in [0.15, 0.2) is 6.10 Å². The van der Waals surface area contributed by atoms with Gasteiger partial charge in [-0.2, -0.15) is 5.26 Å². The number of methoxy groups -OCH3 is 1. The first kappa shape index (κ1) is 20.4. The van der Waals surface area contributed by atoms with Gasteiger partial charge in [-0.1, -0.05) is 0 Å². The van der Waals surface area contributed by atoms with E-state index in [0.717, 1.165) is 0 Å². The summed E-state index contributed by atoms with van der Waals surface area (Å²) >= 11 is 0. The highest BCUT2D eigenvalue weighted by molar-refractivity contribution is 6.04. The number of amides is 3. The van der Waals surface area contributed by atoms with Gasteiger partial charge in [-0.15, -0.1) is 0 Å². The van der Waals surface area contributed by atoms with Crippen LogP contribution in [0.5, 0.6) is 0 Å². The number of nitrogens with one attached hydrogen (secondary N) is 1. The predicted octanol–water partition coefficient (Wildman–Crippen LogP) is 1.70. The number of carbonyl (C=O) groups is 3. The highest BCUT2D eigenvalue weighted by Crippen LogP contribution is 2.23. The molecule has 2 rings (SSSR count). The highest BCUT2D eigenvalue weighted by Gasteiger charge is 2.34. The number of nitrogens with zero attached hydrogens (tertiary/aromatic N) is 2. The second-order valence-corrected chi connectivity index (χ2v) is 6.18. The Hall–Kier alpha value is -2.92. The average Bonchev–Trinajstić information content (AvgIpc) is 2.69. The first-order valence-electron chi connectivity index (χ1n) is 8.80. The molecule has 0 radical (unpaired) electrons. The van der Waals surface area contributed by atoms with Gasteiger partial charge in [0.05, 0.1) is 18.2 Å². The summed E-state index contributed by atoms with van der Waals surface area (Å²) in [5.74, 6) is -0.945. The summed E-state index contributed by atoms with van der Waals surface area (Å²) in [6.07, 6.45) is 0.515. The molecule has 1 atom stereocenters. The van der Waals surface area contributed by atoms with Crippen LogP contribution in [0.15, 0.2) is 24.3 Å². The minimum absolute atomic E-state index is 0.0349. The van der Waals surface area contributed by atoms with Crippen LogP contribution < -0.4 is 5.32 Å². The van der Waals surface area contributed by atoms with E-state index in [-0.39, 0.29) is 18.5 Å². The van der Waals surface area contributed by atoms with Gasteiger partial charge in [-0.25, -0.2) is 9.59 Å². The zero-order valence-electron chi connectivity index (χ0n) is 15.4. The SMILES string of the molecule is CCOC(=O)C(OC)C1CCN(C(=O)NC(=O)c2ccc(C#N)cc2)CC1. The zero-order chi connectivity index (χ0) is 19.8. The van der Waals surface area contributed by atoms with E-state index in [2.05, 4.69) is 5.32 Å². The number of urea groups is 1. The molecular weight excluding hydrogens is 350 g/mol. The monoisotopic (exact) mass is 373 g/mol. The molecule has 0 aromatic heterocycles. The maximum atomic E-state index is 12.3. The fraction of sp³-hybridized carbons (Fsp3) is 0.474. The van der Waals surface area contributed by atoms with E-state index in [0.29, 0.717) is 37.1 Å². The van der Waals surface area contributed by atoms with Crippen LogP contribution in [0.1, 0.15) is 35.7 Å². The van der Waals surface area contributed by atoms with Crippen molar-refractivity contribution >= 4 is 17.9 Å². The Balaban J connectivity index is 1.87. The number of hydrogen-bond acceptors (Lipinski definition) is 6. The molecule has 1 aliphatic rings. The van der Waals surface area contributed by atoms with Gasteiger partial charge in [0.25, 0.3) is 5.91 Å². The molecule has 1 aliphatic heterocycles. The van der Waals surface area contributed by atoms with Crippen LogP contribution in [0.3, 0.4) is 0 Å². The van der Waals surface area contributed by atoms with Gasteiger partial charge in [0, 0.05) is 25.8 Å². The fourth-order valence-electron chi connectivity index (χ4n) is 3.06. The predicted molar refractivity (Wildman–Crippen MR) is 95.7 cm³/mol. The minimum Gasteiger partial charge on any atom is -0.464 e. The van der Waals surface area contributed by atoms with Crippen molar-refractivity contribution in [2.45, 2.75) is 25.9 Å². The topological polar surface area (TPSA) is 109 Å². The Labute approximate surface area is 158 Å². The van der Waals surface area contributed by atoms with Crippen molar-refractivity contribution < 1.29 is 23.9 Å². The molecule has 1 aromatic rings. The number of hydrogen-bond donors (Lipinski definition) is 1. The molecule has 0 bridgehead atoms. The number of esters is 1. The van der Waals surface area contributed by atoms with Crippen molar-refractivity contribution in [3.05, 3.63) is 35.4 Å². The third-order valence-corrected chi connectivity index (χ3v) is 4.52. The second-order valence-electron chi connectivity index (χ2n) is 6.18. The van der Waals surface area contributed by atoms with Gasteiger partial charge in [-0.05, 0) is 49.9 Å². The number of ether oxygens (including phenoxy) is 2. The lowest BCUT2D eigenvalue weighted by Crippen LogP contribution is -2.48. The zero-order valence-corrected chi connectivity index (χ0v) is 15.4. The largest absolute Gasteiger partial charge is 0.464 e. The lowest BCUT2D eigenvalue weighted by atomic mass is 9.91. The van der Waals surface area contributed by atoms with Crippen molar-refractivity contribution in [3.8, 4) is 6.07 Å². The Kier molecular flexibility index (Phi) is 7.32. The molecule has 1 unspecified atom stereocenters. The molecule has 0 saturated carbocycles. The normalized spacial score (nSPS) is 15.5. The van der Waals surface area contributed by atoms with Crippen LogP contribution >= 0.6 is 0 Å². The van der Waals surface area contributed by atoms with Crippen LogP contribution in [-0.4, -0.2) is 55.7 Å². The molecule has 8 heteroatoms. The Bertz CT molecular complexity index is 718. The first-order chi connectivity index (χ1) is 13.0. The van der Waals surface area contributed by atoms with E-state index >= 15 is 0 Å². The van der Waals surface area contributed by atoms with Crippen LogP contribution in [0.4, 0.5) is 4.79 Å². The molecule has 1 aromatic carbocycles. The van der Waals surface area contributed by atoms with Crippen molar-refractivity contribution in [1.29, 1.82) is 5.26 Å². The number of rotatable bonds is 5. The maximum Gasteiger partial charge on any atom is 0.335 e. The lowest BCUT2D eigenvalue weighted by Gasteiger charge is -2.34. The van der Waals surface area contributed by atoms with E-state index in [1.807, 2.05) is 6.07 Å². The van der Waals surface area contributed by atoms with E-state index in [1.165, 1.54) is 36.3 Å². The van der Waals surface area contributed by atoms with E-state index in [1.54, 1.807) is 6.92 Å². The highest BCUT2D eigenvalue weighted by atomic mass is 16.6. The van der Waals surface area contributed by atoms with Crippen LogP contribution in [0.2, 0.25) is 0 Å². The number of likely N-dealkylation sites (tertiary alicyclic amines) is 1. The molecule has 8 nitrogen and oxygen atoms in total. The first-order valence-corrected chi connectivity index (χ1v) is 8.80. The van der Waals surface area contributed by atoms with Crippen molar-refractivity contribution in [2.24, 2.45) is 5.92 Å². The molecule has 27 heavy (non-hydrogen) atoms. The molecule has 0 spiro atoms. The van der Waals surface area contributed by atoms with Crippen LogP contribution in [0.25, 0.3) is 0 Å². The Morgan fingerprint density at radius 1 is 1.26 bits per heavy atom. The summed E-state index contributed by atoms with van der Waals surface area (Å²) in [5.41, 5.74) is 0.744.